The minimum Gasteiger partial charge on any atom is -0.353 e. The van der Waals surface area contributed by atoms with Crippen molar-refractivity contribution in [2.75, 3.05) is 17.6 Å². The SMILES string of the molecule is Cc1ccc(SCCNc2nccc(-c3cn(C)nc3C)n2)cc1. The van der Waals surface area contributed by atoms with E-state index in [1.54, 1.807) is 10.9 Å². The Kier molecular flexibility index (Phi) is 5.15. The zero-order valence-corrected chi connectivity index (χ0v) is 15.0. The van der Waals surface area contributed by atoms with Gasteiger partial charge in [0.1, 0.15) is 0 Å². The van der Waals surface area contributed by atoms with E-state index < -0.39 is 0 Å². The number of benzene rings is 1. The van der Waals surface area contributed by atoms with Gasteiger partial charge in [-0.15, -0.1) is 11.8 Å². The van der Waals surface area contributed by atoms with Crippen molar-refractivity contribution >= 4 is 17.7 Å². The van der Waals surface area contributed by atoms with Gasteiger partial charge in [-0.05, 0) is 32.0 Å². The number of hydrogen-bond acceptors (Lipinski definition) is 5. The Bertz CT molecular complexity index is 811. The molecule has 0 bridgehead atoms. The molecule has 2 heterocycles. The molecule has 5 nitrogen and oxygen atoms in total. The smallest absolute Gasteiger partial charge is 0.223 e. The molecule has 0 saturated heterocycles. The van der Waals surface area contributed by atoms with Gasteiger partial charge in [-0.2, -0.15) is 5.10 Å². The first kappa shape index (κ1) is 16.5. The normalized spacial score (nSPS) is 10.8. The van der Waals surface area contributed by atoms with E-state index in [0.29, 0.717) is 5.95 Å². The second-order valence-corrected chi connectivity index (χ2v) is 6.82. The van der Waals surface area contributed by atoms with Crippen molar-refractivity contribution in [3.05, 3.63) is 54.0 Å². The van der Waals surface area contributed by atoms with Crippen molar-refractivity contribution in [1.29, 1.82) is 0 Å². The summed E-state index contributed by atoms with van der Waals surface area (Å²) in [6.45, 7) is 4.90. The minimum atomic E-state index is 0.653. The molecule has 0 aliphatic carbocycles. The molecule has 1 aromatic carbocycles. The van der Waals surface area contributed by atoms with Crippen LogP contribution in [0.5, 0.6) is 0 Å². The van der Waals surface area contributed by atoms with E-state index in [1.165, 1.54) is 10.5 Å². The van der Waals surface area contributed by atoms with Crippen molar-refractivity contribution in [2.45, 2.75) is 18.7 Å². The van der Waals surface area contributed by atoms with Crippen LogP contribution in [0.1, 0.15) is 11.3 Å². The number of nitrogens with one attached hydrogen (secondary N) is 1. The lowest BCUT2D eigenvalue weighted by Gasteiger charge is -2.06. The molecule has 0 fully saturated rings. The van der Waals surface area contributed by atoms with Crippen LogP contribution in [-0.4, -0.2) is 32.0 Å². The zero-order chi connectivity index (χ0) is 16.9. The fourth-order valence-corrected chi connectivity index (χ4v) is 3.18. The van der Waals surface area contributed by atoms with Crippen molar-refractivity contribution in [2.24, 2.45) is 7.05 Å². The number of thioether (sulfide) groups is 1. The Morgan fingerprint density at radius 2 is 1.92 bits per heavy atom. The van der Waals surface area contributed by atoms with Gasteiger partial charge < -0.3 is 5.32 Å². The topological polar surface area (TPSA) is 55.6 Å². The van der Waals surface area contributed by atoms with Gasteiger partial charge in [0.25, 0.3) is 0 Å². The molecule has 0 radical (unpaired) electrons. The summed E-state index contributed by atoms with van der Waals surface area (Å²) in [4.78, 5) is 10.2. The molecule has 0 saturated carbocycles. The summed E-state index contributed by atoms with van der Waals surface area (Å²) in [6.07, 6.45) is 3.76. The van der Waals surface area contributed by atoms with E-state index in [1.807, 2.05) is 38.0 Å². The summed E-state index contributed by atoms with van der Waals surface area (Å²) in [5.41, 5.74) is 4.19. The van der Waals surface area contributed by atoms with Crippen LogP contribution in [0.25, 0.3) is 11.3 Å². The maximum atomic E-state index is 4.59. The van der Waals surface area contributed by atoms with Gasteiger partial charge in [-0.25, -0.2) is 9.97 Å². The molecule has 3 rings (SSSR count). The summed E-state index contributed by atoms with van der Waals surface area (Å²) >= 11 is 1.82. The van der Waals surface area contributed by atoms with E-state index in [-0.39, 0.29) is 0 Å². The highest BCUT2D eigenvalue weighted by Gasteiger charge is 2.08. The fraction of sp³-hybridized carbons (Fsp3) is 0.278. The second kappa shape index (κ2) is 7.49. The van der Waals surface area contributed by atoms with Crippen LogP contribution in [-0.2, 0) is 7.05 Å². The van der Waals surface area contributed by atoms with Crippen LogP contribution in [0.15, 0.2) is 47.6 Å². The summed E-state index contributed by atoms with van der Waals surface area (Å²) in [6, 6.07) is 10.5. The van der Waals surface area contributed by atoms with Crippen molar-refractivity contribution in [3.8, 4) is 11.3 Å². The predicted molar refractivity (Wildman–Crippen MR) is 99.4 cm³/mol. The monoisotopic (exact) mass is 339 g/mol. The largest absolute Gasteiger partial charge is 0.353 e. The highest BCUT2D eigenvalue weighted by molar-refractivity contribution is 7.99. The van der Waals surface area contributed by atoms with Crippen LogP contribution >= 0.6 is 11.8 Å². The lowest BCUT2D eigenvalue weighted by molar-refractivity contribution is 0.756. The molecule has 2 aromatic heterocycles. The van der Waals surface area contributed by atoms with Crippen LogP contribution in [0, 0.1) is 13.8 Å². The van der Waals surface area contributed by atoms with Crippen LogP contribution in [0.4, 0.5) is 5.95 Å². The maximum absolute atomic E-state index is 4.59. The number of hydrogen-bond donors (Lipinski definition) is 1. The fourth-order valence-electron chi connectivity index (χ4n) is 2.41. The molecular weight excluding hydrogens is 318 g/mol. The number of aryl methyl sites for hydroxylation is 3. The second-order valence-electron chi connectivity index (χ2n) is 5.66. The van der Waals surface area contributed by atoms with Gasteiger partial charge in [0.2, 0.25) is 5.95 Å². The van der Waals surface area contributed by atoms with Crippen LogP contribution < -0.4 is 5.32 Å². The van der Waals surface area contributed by atoms with E-state index in [0.717, 1.165) is 29.2 Å². The Hall–Kier alpha value is -2.34. The van der Waals surface area contributed by atoms with E-state index in [4.69, 9.17) is 0 Å². The molecule has 1 N–H and O–H groups in total. The van der Waals surface area contributed by atoms with E-state index in [2.05, 4.69) is 51.6 Å². The third-order valence-corrected chi connectivity index (χ3v) is 4.63. The minimum absolute atomic E-state index is 0.653. The molecule has 0 aliphatic heterocycles. The van der Waals surface area contributed by atoms with E-state index in [9.17, 15) is 0 Å². The van der Waals surface area contributed by atoms with Crippen molar-refractivity contribution < 1.29 is 0 Å². The van der Waals surface area contributed by atoms with Gasteiger partial charge in [0, 0.05) is 42.2 Å². The molecule has 0 spiro atoms. The standard InChI is InChI=1S/C18H21N5S/c1-13-4-6-15(7-5-13)24-11-10-20-18-19-9-8-17(21-18)16-12-23(3)22-14(16)2/h4-9,12H,10-11H2,1-3H3,(H,19,20,21). The van der Waals surface area contributed by atoms with Gasteiger partial charge in [0.05, 0.1) is 11.4 Å². The molecule has 124 valence electrons. The molecule has 0 atom stereocenters. The summed E-state index contributed by atoms with van der Waals surface area (Å²) in [7, 11) is 1.92. The van der Waals surface area contributed by atoms with Gasteiger partial charge >= 0.3 is 0 Å². The molecule has 0 aliphatic rings. The third kappa shape index (κ3) is 4.14. The highest BCUT2D eigenvalue weighted by atomic mass is 32.2. The molecule has 6 heteroatoms. The van der Waals surface area contributed by atoms with E-state index >= 15 is 0 Å². The Morgan fingerprint density at radius 1 is 1.12 bits per heavy atom. The summed E-state index contributed by atoms with van der Waals surface area (Å²) < 4.78 is 1.80. The maximum Gasteiger partial charge on any atom is 0.223 e. The Labute approximate surface area is 146 Å². The highest BCUT2D eigenvalue weighted by Crippen LogP contribution is 2.21. The average Bonchev–Trinajstić information content (AvgIpc) is 2.92. The lowest BCUT2D eigenvalue weighted by Crippen LogP contribution is -2.07. The Balaban J connectivity index is 1.57. The predicted octanol–water partition coefficient (Wildman–Crippen LogP) is 3.70. The number of anilines is 1. The zero-order valence-electron chi connectivity index (χ0n) is 14.2. The molecule has 24 heavy (non-hydrogen) atoms. The van der Waals surface area contributed by atoms with Crippen LogP contribution in [0.2, 0.25) is 0 Å². The first-order valence-electron chi connectivity index (χ1n) is 7.89. The third-order valence-electron chi connectivity index (χ3n) is 3.62. The van der Waals surface area contributed by atoms with Gasteiger partial charge in [0.15, 0.2) is 0 Å². The molecule has 0 unspecified atom stereocenters. The number of rotatable bonds is 6. The van der Waals surface area contributed by atoms with Crippen molar-refractivity contribution in [3.63, 3.8) is 0 Å². The van der Waals surface area contributed by atoms with Crippen LogP contribution in [0.3, 0.4) is 0 Å². The average molecular weight is 339 g/mol. The first-order chi connectivity index (χ1) is 11.6. The summed E-state index contributed by atoms with van der Waals surface area (Å²) in [5.74, 6) is 1.61. The first-order valence-corrected chi connectivity index (χ1v) is 8.87. The quantitative estimate of drug-likeness (QED) is 0.548. The van der Waals surface area contributed by atoms with Gasteiger partial charge in [-0.1, -0.05) is 17.7 Å². The molecular formula is C18H21N5S. The summed E-state index contributed by atoms with van der Waals surface area (Å²) in [5, 5.41) is 7.66. The molecule has 0 amide bonds. The lowest BCUT2D eigenvalue weighted by atomic mass is 10.2. The van der Waals surface area contributed by atoms with Crippen molar-refractivity contribution in [1.82, 2.24) is 19.7 Å². The molecule has 3 aromatic rings. The Morgan fingerprint density at radius 3 is 2.62 bits per heavy atom. The number of aromatic nitrogens is 4. The van der Waals surface area contributed by atoms with Gasteiger partial charge in [-0.3, -0.25) is 4.68 Å². The number of nitrogens with zero attached hydrogens (tertiary/aromatic N) is 4.